The Morgan fingerprint density at radius 2 is 2.43 bits per heavy atom. The molecule has 14 heavy (non-hydrogen) atoms. The Labute approximate surface area is 89.4 Å². The average molecular weight is 216 g/mol. The van der Waals surface area contributed by atoms with Crippen LogP contribution in [0.1, 0.15) is 19.8 Å². The number of amides is 1. The molecule has 0 aromatic rings. The van der Waals surface area contributed by atoms with Crippen molar-refractivity contribution >= 4 is 23.1 Å². The SMILES string of the molecule is CCCC(=O)N1CCOC(C(N)=S)C1. The molecular weight excluding hydrogens is 200 g/mol. The molecule has 0 radical (unpaired) electrons. The Morgan fingerprint density at radius 3 is 3.00 bits per heavy atom. The Kier molecular flexibility index (Phi) is 4.28. The second kappa shape index (κ2) is 5.26. The van der Waals surface area contributed by atoms with Crippen LogP contribution in [-0.4, -0.2) is 41.6 Å². The lowest BCUT2D eigenvalue weighted by molar-refractivity contribution is -0.136. The van der Waals surface area contributed by atoms with Gasteiger partial charge in [-0.2, -0.15) is 0 Å². The third-order valence-electron chi connectivity index (χ3n) is 2.20. The summed E-state index contributed by atoms with van der Waals surface area (Å²) in [5.74, 6) is 0.164. The lowest BCUT2D eigenvalue weighted by atomic mass is 10.2. The van der Waals surface area contributed by atoms with E-state index >= 15 is 0 Å². The quantitative estimate of drug-likeness (QED) is 0.689. The molecule has 0 aromatic heterocycles. The first-order valence-corrected chi connectivity index (χ1v) is 5.24. The predicted molar refractivity (Wildman–Crippen MR) is 58.0 cm³/mol. The molecule has 4 nitrogen and oxygen atoms in total. The minimum absolute atomic E-state index is 0.164. The van der Waals surface area contributed by atoms with Gasteiger partial charge in [0.1, 0.15) is 11.1 Å². The van der Waals surface area contributed by atoms with Gasteiger partial charge >= 0.3 is 0 Å². The van der Waals surface area contributed by atoms with E-state index in [0.717, 1.165) is 6.42 Å². The first-order valence-electron chi connectivity index (χ1n) is 4.83. The number of carbonyl (C=O) groups excluding carboxylic acids is 1. The molecule has 5 heteroatoms. The van der Waals surface area contributed by atoms with Gasteiger partial charge in [0.2, 0.25) is 5.91 Å². The lowest BCUT2D eigenvalue weighted by Crippen LogP contribution is -2.49. The van der Waals surface area contributed by atoms with Crippen LogP contribution in [0.3, 0.4) is 0 Å². The number of ether oxygens (including phenoxy) is 1. The smallest absolute Gasteiger partial charge is 0.222 e. The number of rotatable bonds is 3. The molecule has 1 amide bonds. The Balaban J connectivity index is 2.47. The van der Waals surface area contributed by atoms with E-state index in [9.17, 15) is 4.79 Å². The van der Waals surface area contributed by atoms with Crippen LogP contribution >= 0.6 is 12.2 Å². The van der Waals surface area contributed by atoms with E-state index in [1.807, 2.05) is 6.92 Å². The molecule has 0 bridgehead atoms. The minimum Gasteiger partial charge on any atom is -0.391 e. The normalized spacial score (nSPS) is 22.1. The van der Waals surface area contributed by atoms with E-state index in [1.54, 1.807) is 4.90 Å². The number of morpholine rings is 1. The summed E-state index contributed by atoms with van der Waals surface area (Å²) in [5.41, 5.74) is 5.47. The van der Waals surface area contributed by atoms with Crippen molar-refractivity contribution in [1.82, 2.24) is 4.90 Å². The van der Waals surface area contributed by atoms with Gasteiger partial charge in [-0.15, -0.1) is 0 Å². The highest BCUT2D eigenvalue weighted by molar-refractivity contribution is 7.80. The summed E-state index contributed by atoms with van der Waals surface area (Å²) in [6, 6.07) is 0. The van der Waals surface area contributed by atoms with Crippen molar-refractivity contribution in [2.24, 2.45) is 5.73 Å². The summed E-state index contributed by atoms with van der Waals surface area (Å²) in [6.07, 6.45) is 1.19. The van der Waals surface area contributed by atoms with Crippen molar-refractivity contribution in [2.45, 2.75) is 25.9 Å². The zero-order valence-electron chi connectivity index (χ0n) is 8.36. The maximum atomic E-state index is 11.6. The highest BCUT2D eigenvalue weighted by Crippen LogP contribution is 2.07. The molecule has 0 aromatic carbocycles. The van der Waals surface area contributed by atoms with Crippen molar-refractivity contribution in [2.75, 3.05) is 19.7 Å². The number of nitrogens with zero attached hydrogens (tertiary/aromatic N) is 1. The van der Waals surface area contributed by atoms with E-state index in [1.165, 1.54) is 0 Å². The first kappa shape index (κ1) is 11.4. The zero-order chi connectivity index (χ0) is 10.6. The molecule has 0 saturated carbocycles. The summed E-state index contributed by atoms with van der Waals surface area (Å²) in [6.45, 7) is 3.67. The summed E-state index contributed by atoms with van der Waals surface area (Å²) < 4.78 is 5.34. The fourth-order valence-electron chi connectivity index (χ4n) is 1.42. The van der Waals surface area contributed by atoms with Crippen LogP contribution in [0.15, 0.2) is 0 Å². The van der Waals surface area contributed by atoms with Gasteiger partial charge < -0.3 is 15.4 Å². The molecule has 1 heterocycles. The van der Waals surface area contributed by atoms with Gasteiger partial charge in [-0.1, -0.05) is 19.1 Å². The monoisotopic (exact) mass is 216 g/mol. The van der Waals surface area contributed by atoms with Gasteiger partial charge in [0, 0.05) is 13.0 Å². The van der Waals surface area contributed by atoms with Gasteiger partial charge in [0.15, 0.2) is 0 Å². The Morgan fingerprint density at radius 1 is 1.71 bits per heavy atom. The molecule has 1 aliphatic rings. The number of hydrogen-bond acceptors (Lipinski definition) is 3. The maximum Gasteiger partial charge on any atom is 0.222 e. The van der Waals surface area contributed by atoms with Gasteiger partial charge in [-0.3, -0.25) is 4.79 Å². The molecule has 1 rings (SSSR count). The van der Waals surface area contributed by atoms with Crippen molar-refractivity contribution in [1.29, 1.82) is 0 Å². The van der Waals surface area contributed by atoms with Crippen LogP contribution in [0.5, 0.6) is 0 Å². The second-order valence-corrected chi connectivity index (χ2v) is 3.82. The van der Waals surface area contributed by atoms with E-state index in [4.69, 9.17) is 22.7 Å². The molecule has 2 N–H and O–H groups in total. The van der Waals surface area contributed by atoms with Gasteiger partial charge in [0.25, 0.3) is 0 Å². The molecular formula is C9H16N2O2S. The van der Waals surface area contributed by atoms with Crippen LogP contribution in [0.2, 0.25) is 0 Å². The molecule has 1 aliphatic heterocycles. The third kappa shape index (κ3) is 2.92. The Hall–Kier alpha value is -0.680. The van der Waals surface area contributed by atoms with Crippen LogP contribution in [0.4, 0.5) is 0 Å². The van der Waals surface area contributed by atoms with E-state index in [0.29, 0.717) is 31.1 Å². The summed E-state index contributed by atoms with van der Waals surface area (Å²) in [7, 11) is 0. The van der Waals surface area contributed by atoms with E-state index in [2.05, 4.69) is 0 Å². The number of thiocarbonyl (C=S) groups is 1. The molecule has 1 unspecified atom stereocenters. The van der Waals surface area contributed by atoms with E-state index in [-0.39, 0.29) is 12.0 Å². The van der Waals surface area contributed by atoms with Crippen molar-refractivity contribution in [3.63, 3.8) is 0 Å². The summed E-state index contributed by atoms with van der Waals surface area (Å²) >= 11 is 4.83. The molecule has 1 atom stereocenters. The van der Waals surface area contributed by atoms with Crippen molar-refractivity contribution < 1.29 is 9.53 Å². The highest BCUT2D eigenvalue weighted by atomic mass is 32.1. The van der Waals surface area contributed by atoms with Gasteiger partial charge in [-0.05, 0) is 6.42 Å². The van der Waals surface area contributed by atoms with Crippen LogP contribution in [0, 0.1) is 0 Å². The fourth-order valence-corrected chi connectivity index (χ4v) is 1.56. The Bertz CT molecular complexity index is 233. The highest BCUT2D eigenvalue weighted by Gasteiger charge is 2.24. The molecule has 1 saturated heterocycles. The minimum atomic E-state index is -0.264. The van der Waals surface area contributed by atoms with Crippen LogP contribution in [-0.2, 0) is 9.53 Å². The van der Waals surface area contributed by atoms with Crippen LogP contribution < -0.4 is 5.73 Å². The molecule has 80 valence electrons. The largest absolute Gasteiger partial charge is 0.391 e. The number of hydrogen-bond donors (Lipinski definition) is 1. The summed E-state index contributed by atoms with van der Waals surface area (Å²) in [5, 5.41) is 0. The zero-order valence-corrected chi connectivity index (χ0v) is 9.18. The summed E-state index contributed by atoms with van der Waals surface area (Å²) in [4.78, 5) is 13.7. The molecule has 1 fully saturated rings. The first-order chi connectivity index (χ1) is 6.65. The number of carbonyl (C=O) groups is 1. The predicted octanol–water partition coefficient (Wildman–Crippen LogP) is 0.300. The fraction of sp³-hybridized carbons (Fsp3) is 0.778. The van der Waals surface area contributed by atoms with Crippen molar-refractivity contribution in [3.8, 4) is 0 Å². The average Bonchev–Trinajstić information content (AvgIpc) is 2.18. The second-order valence-electron chi connectivity index (χ2n) is 3.35. The number of nitrogens with two attached hydrogens (primary N) is 1. The maximum absolute atomic E-state index is 11.6. The topological polar surface area (TPSA) is 55.6 Å². The van der Waals surface area contributed by atoms with Gasteiger partial charge in [0.05, 0.1) is 13.2 Å². The van der Waals surface area contributed by atoms with Gasteiger partial charge in [-0.25, -0.2) is 0 Å². The van der Waals surface area contributed by atoms with Crippen LogP contribution in [0.25, 0.3) is 0 Å². The molecule has 0 spiro atoms. The van der Waals surface area contributed by atoms with Crippen molar-refractivity contribution in [3.05, 3.63) is 0 Å². The standard InChI is InChI=1S/C9H16N2O2S/c1-2-3-8(12)11-4-5-13-7(6-11)9(10)14/h7H,2-6H2,1H3,(H2,10,14). The lowest BCUT2D eigenvalue weighted by Gasteiger charge is -2.32. The molecule has 0 aliphatic carbocycles. The van der Waals surface area contributed by atoms with E-state index < -0.39 is 0 Å². The third-order valence-corrected chi connectivity index (χ3v) is 2.46.